The molecule has 3 aromatic carbocycles. The molecule has 0 aliphatic carbocycles. The van der Waals surface area contributed by atoms with Crippen LogP contribution < -0.4 is 0 Å². The summed E-state index contributed by atoms with van der Waals surface area (Å²) in [5.41, 5.74) is 5.34. The van der Waals surface area contributed by atoms with Gasteiger partial charge >= 0.3 is 0 Å². The normalized spacial score (nSPS) is 11.5. The number of aromatic hydroxyl groups is 3. The molecule has 0 bridgehead atoms. The van der Waals surface area contributed by atoms with E-state index in [2.05, 4.69) is 6.92 Å². The van der Waals surface area contributed by atoms with Gasteiger partial charge in [0.05, 0.1) is 0 Å². The molecule has 0 aliphatic rings. The number of aryl methyl sites for hydroxylation is 1. The average Bonchev–Trinajstić information content (AvgIpc) is 2.63. The summed E-state index contributed by atoms with van der Waals surface area (Å²) < 4.78 is 0. The third kappa shape index (κ3) is 2.80. The fourth-order valence-electron chi connectivity index (χ4n) is 3.66. The number of hydrogen-bond acceptors (Lipinski definition) is 3. The third-order valence-corrected chi connectivity index (χ3v) is 5.48. The van der Waals surface area contributed by atoms with E-state index < -0.39 is 5.41 Å². The van der Waals surface area contributed by atoms with E-state index in [9.17, 15) is 15.3 Å². The van der Waals surface area contributed by atoms with Gasteiger partial charge in [0, 0.05) is 5.41 Å². The van der Waals surface area contributed by atoms with E-state index in [4.69, 9.17) is 0 Å². The van der Waals surface area contributed by atoms with Gasteiger partial charge in [0.25, 0.3) is 0 Å². The summed E-state index contributed by atoms with van der Waals surface area (Å²) in [6.45, 7) is 7.97. The van der Waals surface area contributed by atoms with Gasteiger partial charge in [0.2, 0.25) is 0 Å². The fraction of sp³-hybridized carbons (Fsp3) is 0.217. The van der Waals surface area contributed by atoms with E-state index in [1.807, 2.05) is 51.1 Å². The first-order valence-electron chi connectivity index (χ1n) is 8.64. The van der Waals surface area contributed by atoms with Crippen LogP contribution in [0.15, 0.2) is 54.6 Å². The van der Waals surface area contributed by atoms with E-state index in [-0.39, 0.29) is 11.5 Å². The van der Waals surface area contributed by atoms with Crippen LogP contribution in [-0.2, 0) is 5.41 Å². The number of hydrogen-bond donors (Lipinski definition) is 3. The lowest BCUT2D eigenvalue weighted by molar-refractivity contribution is 0.465. The van der Waals surface area contributed by atoms with Crippen molar-refractivity contribution < 1.29 is 15.3 Å². The molecule has 0 unspecified atom stereocenters. The number of rotatable bonds is 3. The second kappa shape index (κ2) is 6.41. The van der Waals surface area contributed by atoms with Crippen LogP contribution in [0.3, 0.4) is 0 Å². The van der Waals surface area contributed by atoms with Crippen molar-refractivity contribution in [3.8, 4) is 17.2 Å². The second-order valence-corrected chi connectivity index (χ2v) is 7.06. The lowest BCUT2D eigenvalue weighted by Crippen LogP contribution is -2.27. The van der Waals surface area contributed by atoms with Crippen LogP contribution in [0.4, 0.5) is 0 Å². The summed E-state index contributed by atoms with van der Waals surface area (Å²) in [7, 11) is 0. The van der Waals surface area contributed by atoms with Gasteiger partial charge in [-0.2, -0.15) is 0 Å². The Kier molecular flexibility index (Phi) is 4.41. The summed E-state index contributed by atoms with van der Waals surface area (Å²) in [4.78, 5) is 0. The standard InChI is InChI=1S/C23H24O3/c1-14-13-21(15(2)16(3)22(14)26)23(4,17-5-9-19(24)10-6-17)18-7-11-20(25)12-8-18/h5-13,24-26H,1-4H3. The van der Waals surface area contributed by atoms with Crippen LogP contribution in [-0.4, -0.2) is 15.3 Å². The van der Waals surface area contributed by atoms with Crippen LogP contribution in [0.25, 0.3) is 0 Å². The van der Waals surface area contributed by atoms with Gasteiger partial charge in [-0.1, -0.05) is 30.3 Å². The number of phenols is 3. The molecular weight excluding hydrogens is 324 g/mol. The maximum absolute atomic E-state index is 10.3. The highest BCUT2D eigenvalue weighted by Gasteiger charge is 2.33. The summed E-state index contributed by atoms with van der Waals surface area (Å²) in [5.74, 6) is 0.762. The van der Waals surface area contributed by atoms with Gasteiger partial charge < -0.3 is 15.3 Å². The van der Waals surface area contributed by atoms with Crippen LogP contribution in [0.2, 0.25) is 0 Å². The fourth-order valence-corrected chi connectivity index (χ4v) is 3.66. The minimum atomic E-state index is -0.505. The topological polar surface area (TPSA) is 60.7 Å². The third-order valence-electron chi connectivity index (χ3n) is 5.48. The molecule has 3 N–H and O–H groups in total. The number of benzene rings is 3. The monoisotopic (exact) mass is 348 g/mol. The molecule has 0 amide bonds. The molecule has 134 valence electrons. The molecule has 3 heteroatoms. The minimum Gasteiger partial charge on any atom is -0.508 e. The molecule has 0 saturated heterocycles. The SMILES string of the molecule is Cc1cc(C(C)(c2ccc(O)cc2)c2ccc(O)cc2)c(C)c(C)c1O. The highest BCUT2D eigenvalue weighted by Crippen LogP contribution is 2.43. The molecule has 0 heterocycles. The predicted octanol–water partition coefficient (Wildman–Crippen LogP) is 5.08. The van der Waals surface area contributed by atoms with E-state index in [0.29, 0.717) is 5.75 Å². The van der Waals surface area contributed by atoms with E-state index in [0.717, 1.165) is 33.4 Å². The number of phenolic OH excluding ortho intramolecular Hbond substituents is 3. The van der Waals surface area contributed by atoms with Crippen LogP contribution in [0.1, 0.15) is 40.3 Å². The van der Waals surface area contributed by atoms with Crippen molar-refractivity contribution in [2.75, 3.05) is 0 Å². The van der Waals surface area contributed by atoms with Crippen molar-refractivity contribution in [1.29, 1.82) is 0 Å². The summed E-state index contributed by atoms with van der Waals surface area (Å²) in [6.07, 6.45) is 0. The Hall–Kier alpha value is -2.94. The highest BCUT2D eigenvalue weighted by molar-refractivity contribution is 5.58. The molecule has 3 nitrogen and oxygen atoms in total. The molecule has 3 rings (SSSR count). The van der Waals surface area contributed by atoms with Crippen LogP contribution in [0, 0.1) is 20.8 Å². The zero-order valence-corrected chi connectivity index (χ0v) is 15.5. The van der Waals surface area contributed by atoms with E-state index >= 15 is 0 Å². The lowest BCUT2D eigenvalue weighted by Gasteiger charge is -2.34. The quantitative estimate of drug-likeness (QED) is 0.578. The molecule has 0 aromatic heterocycles. The molecule has 3 aromatic rings. The van der Waals surface area contributed by atoms with E-state index in [1.165, 1.54) is 0 Å². The molecule has 26 heavy (non-hydrogen) atoms. The largest absolute Gasteiger partial charge is 0.508 e. The zero-order valence-electron chi connectivity index (χ0n) is 15.5. The Morgan fingerprint density at radius 3 is 1.50 bits per heavy atom. The molecule has 0 radical (unpaired) electrons. The first-order valence-corrected chi connectivity index (χ1v) is 8.64. The van der Waals surface area contributed by atoms with Gasteiger partial charge in [-0.15, -0.1) is 0 Å². The lowest BCUT2D eigenvalue weighted by atomic mass is 9.69. The Labute approximate surface area is 154 Å². The average molecular weight is 348 g/mol. The summed E-state index contributed by atoms with van der Waals surface area (Å²) >= 11 is 0. The van der Waals surface area contributed by atoms with Crippen molar-refractivity contribution in [3.63, 3.8) is 0 Å². The highest BCUT2D eigenvalue weighted by atomic mass is 16.3. The first-order chi connectivity index (χ1) is 12.2. The summed E-state index contributed by atoms with van der Waals surface area (Å²) in [5, 5.41) is 29.8. The Morgan fingerprint density at radius 2 is 1.08 bits per heavy atom. The van der Waals surface area contributed by atoms with Gasteiger partial charge in [-0.25, -0.2) is 0 Å². The summed E-state index contributed by atoms with van der Waals surface area (Å²) in [6, 6.07) is 16.4. The maximum Gasteiger partial charge on any atom is 0.121 e. The molecule has 0 saturated carbocycles. The first kappa shape index (κ1) is 17.9. The van der Waals surface area contributed by atoms with E-state index in [1.54, 1.807) is 24.3 Å². The molecule has 0 spiro atoms. The van der Waals surface area contributed by atoms with Gasteiger partial charge in [0.1, 0.15) is 17.2 Å². The van der Waals surface area contributed by atoms with Crippen molar-refractivity contribution in [2.45, 2.75) is 33.1 Å². The Balaban J connectivity index is 2.35. The van der Waals surface area contributed by atoms with Gasteiger partial charge in [-0.3, -0.25) is 0 Å². The molecular formula is C23H24O3. The maximum atomic E-state index is 10.3. The van der Waals surface area contributed by atoms with Crippen molar-refractivity contribution >= 4 is 0 Å². The molecule has 0 atom stereocenters. The van der Waals surface area contributed by atoms with Crippen LogP contribution >= 0.6 is 0 Å². The smallest absolute Gasteiger partial charge is 0.121 e. The second-order valence-electron chi connectivity index (χ2n) is 7.06. The van der Waals surface area contributed by atoms with Crippen molar-refractivity contribution in [3.05, 3.63) is 88.0 Å². The van der Waals surface area contributed by atoms with Gasteiger partial charge in [0.15, 0.2) is 0 Å². The Morgan fingerprint density at radius 1 is 0.654 bits per heavy atom. The predicted molar refractivity (Wildman–Crippen MR) is 104 cm³/mol. The van der Waals surface area contributed by atoms with Crippen molar-refractivity contribution in [2.24, 2.45) is 0 Å². The van der Waals surface area contributed by atoms with Gasteiger partial charge in [-0.05, 0) is 85.3 Å². The minimum absolute atomic E-state index is 0.219. The zero-order chi connectivity index (χ0) is 19.1. The molecule has 0 fully saturated rings. The van der Waals surface area contributed by atoms with Crippen molar-refractivity contribution in [1.82, 2.24) is 0 Å². The molecule has 0 aliphatic heterocycles. The van der Waals surface area contributed by atoms with Crippen LogP contribution in [0.5, 0.6) is 17.2 Å². The Bertz CT molecular complexity index is 893.